The predicted molar refractivity (Wildman–Crippen MR) is 140 cm³/mol. The zero-order chi connectivity index (χ0) is 28.9. The number of carbonyl (C=O) groups excluding carboxylic acids is 2. The topological polar surface area (TPSA) is 139 Å². The molecule has 214 valence electrons. The summed E-state index contributed by atoms with van der Waals surface area (Å²) in [5.41, 5.74) is 6.04. The van der Waals surface area contributed by atoms with E-state index in [0.717, 1.165) is 18.4 Å². The minimum absolute atomic E-state index is 0.00379. The number of aromatic nitrogens is 2. The number of pyridine rings is 1. The molecule has 1 unspecified atom stereocenters. The fraction of sp³-hybridized carbons (Fsp3) is 0.429. The molecule has 12 heteroatoms. The molecule has 40 heavy (non-hydrogen) atoms. The predicted octanol–water partition coefficient (Wildman–Crippen LogP) is 5.63. The van der Waals surface area contributed by atoms with Gasteiger partial charge < -0.3 is 29.7 Å². The van der Waals surface area contributed by atoms with Crippen molar-refractivity contribution in [3.8, 4) is 23.0 Å². The van der Waals surface area contributed by atoms with E-state index < -0.39 is 24.7 Å². The van der Waals surface area contributed by atoms with E-state index in [4.69, 9.17) is 19.6 Å². The molecular weight excluding hydrogens is 526 g/mol. The Morgan fingerprint density at radius 2 is 1.88 bits per heavy atom. The first kappa shape index (κ1) is 28.8. The maximum Gasteiger partial charge on any atom is 0.405 e. The molecule has 1 aliphatic rings. The monoisotopic (exact) mass is 558 g/mol. The second-order valence-corrected chi connectivity index (χ2v) is 10.8. The Bertz CT molecular complexity index is 1320. The Morgan fingerprint density at radius 3 is 2.50 bits per heavy atom. The van der Waals surface area contributed by atoms with Gasteiger partial charge in [0.1, 0.15) is 0 Å². The van der Waals surface area contributed by atoms with Gasteiger partial charge in [0, 0.05) is 24.5 Å². The van der Waals surface area contributed by atoms with Crippen molar-refractivity contribution in [3.63, 3.8) is 0 Å². The second-order valence-electron chi connectivity index (χ2n) is 10.8. The van der Waals surface area contributed by atoms with Crippen LogP contribution in [0.2, 0.25) is 0 Å². The molecule has 1 fully saturated rings. The maximum absolute atomic E-state index is 13.3. The molecule has 0 saturated heterocycles. The Labute approximate surface area is 230 Å². The molecule has 10 nitrogen and oxygen atoms in total. The molecule has 1 saturated carbocycles. The minimum Gasteiger partial charge on any atom is -0.489 e. The van der Waals surface area contributed by atoms with E-state index >= 15 is 0 Å². The molecule has 3 N–H and O–H groups in total. The van der Waals surface area contributed by atoms with Crippen LogP contribution in [-0.2, 0) is 11.3 Å². The number of hydrogen-bond acceptors (Lipinski definition) is 8. The first-order valence-electron chi connectivity index (χ1n) is 12.8. The first-order chi connectivity index (χ1) is 19.0. The molecule has 0 bridgehead atoms. The average molecular weight is 559 g/mol. The van der Waals surface area contributed by atoms with Gasteiger partial charge >= 0.3 is 12.7 Å². The zero-order valence-electron chi connectivity index (χ0n) is 22.5. The van der Waals surface area contributed by atoms with E-state index in [0.29, 0.717) is 18.1 Å². The fourth-order valence-electron chi connectivity index (χ4n) is 3.93. The highest BCUT2D eigenvalue weighted by Crippen LogP contribution is 2.39. The van der Waals surface area contributed by atoms with Crippen molar-refractivity contribution in [2.24, 2.45) is 17.1 Å². The Morgan fingerprint density at radius 1 is 1.15 bits per heavy atom. The third kappa shape index (κ3) is 8.14. The quantitative estimate of drug-likeness (QED) is 0.292. The Hall–Kier alpha value is -4.22. The van der Waals surface area contributed by atoms with Gasteiger partial charge in [-0.1, -0.05) is 20.8 Å². The normalized spacial score (nSPS) is 14.1. The third-order valence-corrected chi connectivity index (χ3v) is 6.00. The summed E-state index contributed by atoms with van der Waals surface area (Å²) in [5.74, 6) is -0.259. The molecule has 1 aromatic carbocycles. The molecule has 2 aromatic heterocycles. The van der Waals surface area contributed by atoms with Gasteiger partial charge in [-0.15, -0.1) is 0 Å². The zero-order valence-corrected chi connectivity index (χ0v) is 22.5. The number of oxazole rings is 1. The van der Waals surface area contributed by atoms with Gasteiger partial charge in [-0.3, -0.25) is 9.78 Å². The van der Waals surface area contributed by atoms with Crippen molar-refractivity contribution >= 4 is 12.0 Å². The third-order valence-electron chi connectivity index (χ3n) is 6.00. The van der Waals surface area contributed by atoms with Crippen LogP contribution in [0.1, 0.15) is 67.9 Å². The lowest BCUT2D eigenvalue weighted by molar-refractivity contribution is -0.0515. The highest BCUT2D eigenvalue weighted by molar-refractivity contribution is 5.94. The van der Waals surface area contributed by atoms with Gasteiger partial charge in [0.25, 0.3) is 5.91 Å². The number of nitrogens with one attached hydrogen (secondary N) is 1. The summed E-state index contributed by atoms with van der Waals surface area (Å²) in [6.07, 6.45) is 3.41. The van der Waals surface area contributed by atoms with E-state index in [1.165, 1.54) is 18.2 Å². The number of nitrogens with two attached hydrogens (primary N) is 1. The van der Waals surface area contributed by atoms with Gasteiger partial charge in [0.2, 0.25) is 5.89 Å². The maximum atomic E-state index is 13.3. The average Bonchev–Trinajstić information content (AvgIpc) is 3.61. The molecule has 4 rings (SSSR count). The summed E-state index contributed by atoms with van der Waals surface area (Å²) in [5, 5.41) is 2.78. The molecule has 2 amide bonds. The largest absolute Gasteiger partial charge is 0.489 e. The Balaban J connectivity index is 1.71. The molecular formula is C28H32F2N4O6. The van der Waals surface area contributed by atoms with Crippen LogP contribution in [0, 0.1) is 11.3 Å². The SMILES string of the molecule is CC(C)(C)CC(OC(N)=O)c1oc(-c2ccc(OC(F)F)c(OCC3CC3)c2)nc1C(=O)NCc1ccncc1. The van der Waals surface area contributed by atoms with Gasteiger partial charge in [0.05, 0.1) is 6.61 Å². The number of amides is 2. The number of carbonyl (C=O) groups is 2. The fourth-order valence-corrected chi connectivity index (χ4v) is 3.93. The number of ether oxygens (including phenoxy) is 3. The van der Waals surface area contributed by atoms with Crippen molar-refractivity contribution in [2.45, 2.75) is 59.3 Å². The molecule has 0 spiro atoms. The smallest absolute Gasteiger partial charge is 0.405 e. The molecule has 0 aliphatic heterocycles. The van der Waals surface area contributed by atoms with Crippen LogP contribution in [0.4, 0.5) is 13.6 Å². The lowest BCUT2D eigenvalue weighted by atomic mass is 9.88. The summed E-state index contributed by atoms with van der Waals surface area (Å²) in [7, 11) is 0. The minimum atomic E-state index is -3.04. The summed E-state index contributed by atoms with van der Waals surface area (Å²) in [6, 6.07) is 7.75. The van der Waals surface area contributed by atoms with Crippen molar-refractivity contribution in [2.75, 3.05) is 6.61 Å². The highest BCUT2D eigenvalue weighted by atomic mass is 19.3. The van der Waals surface area contributed by atoms with Gasteiger partial charge in [-0.2, -0.15) is 8.78 Å². The van der Waals surface area contributed by atoms with Crippen LogP contribution in [0.25, 0.3) is 11.5 Å². The summed E-state index contributed by atoms with van der Waals surface area (Å²) in [6.45, 7) is 3.27. The van der Waals surface area contributed by atoms with E-state index in [1.807, 2.05) is 20.8 Å². The molecule has 0 radical (unpaired) electrons. The first-order valence-corrected chi connectivity index (χ1v) is 12.8. The lowest BCUT2D eigenvalue weighted by Gasteiger charge is -2.24. The molecule has 1 atom stereocenters. The van der Waals surface area contributed by atoms with Crippen molar-refractivity contribution in [1.82, 2.24) is 15.3 Å². The number of alkyl halides is 2. The standard InChI is InChI=1S/C28H32F2N4O6/c1-28(2,3)13-21(39-27(31)36)23-22(24(35)33-14-16-8-10-32-11-9-16)34-25(40-23)18-6-7-19(38-26(29)30)20(12-18)37-15-17-4-5-17/h6-12,17,21,26H,4-5,13-15H2,1-3H3,(H2,31,36)(H,33,35). The number of nitrogens with zero attached hydrogens (tertiary/aromatic N) is 2. The van der Waals surface area contributed by atoms with E-state index in [-0.39, 0.29) is 47.2 Å². The van der Waals surface area contributed by atoms with Gasteiger partial charge in [-0.25, -0.2) is 9.78 Å². The molecule has 3 aromatic rings. The van der Waals surface area contributed by atoms with Crippen LogP contribution in [0.3, 0.4) is 0 Å². The number of benzene rings is 1. The Kier molecular flexibility index (Phi) is 8.86. The second kappa shape index (κ2) is 12.3. The van der Waals surface area contributed by atoms with Crippen LogP contribution >= 0.6 is 0 Å². The number of primary amides is 1. The van der Waals surface area contributed by atoms with Crippen LogP contribution in [0.5, 0.6) is 11.5 Å². The molecule has 2 heterocycles. The van der Waals surface area contributed by atoms with Crippen molar-refractivity contribution in [1.29, 1.82) is 0 Å². The number of halogens is 2. The van der Waals surface area contributed by atoms with E-state index in [2.05, 4.69) is 20.0 Å². The summed E-state index contributed by atoms with van der Waals surface area (Å²) < 4.78 is 47.8. The molecule has 1 aliphatic carbocycles. The number of hydrogen-bond donors (Lipinski definition) is 2. The van der Waals surface area contributed by atoms with Crippen LogP contribution in [0.15, 0.2) is 47.1 Å². The van der Waals surface area contributed by atoms with Gasteiger partial charge in [0.15, 0.2) is 29.1 Å². The van der Waals surface area contributed by atoms with Crippen LogP contribution in [-0.4, -0.2) is 35.2 Å². The van der Waals surface area contributed by atoms with Crippen LogP contribution < -0.4 is 20.5 Å². The van der Waals surface area contributed by atoms with Crippen molar-refractivity contribution in [3.05, 3.63) is 59.7 Å². The van der Waals surface area contributed by atoms with Crippen molar-refractivity contribution < 1.29 is 37.0 Å². The van der Waals surface area contributed by atoms with Gasteiger partial charge in [-0.05, 0) is 66.5 Å². The van der Waals surface area contributed by atoms with E-state index in [9.17, 15) is 18.4 Å². The number of rotatable bonds is 12. The highest BCUT2D eigenvalue weighted by Gasteiger charge is 2.33. The summed E-state index contributed by atoms with van der Waals surface area (Å²) in [4.78, 5) is 33.5. The lowest BCUT2D eigenvalue weighted by Crippen LogP contribution is -2.27. The van der Waals surface area contributed by atoms with E-state index in [1.54, 1.807) is 24.5 Å². The summed E-state index contributed by atoms with van der Waals surface area (Å²) >= 11 is 0.